The molecule has 4 amide bonds. The Kier molecular flexibility index (Phi) is 10.9. The predicted molar refractivity (Wildman–Crippen MR) is 205 cm³/mol. The first-order chi connectivity index (χ1) is 26.2. The number of carbonyl (C=O) groups is 5. The van der Waals surface area contributed by atoms with Crippen molar-refractivity contribution in [2.24, 2.45) is 28.9 Å². The number of fused-ring (bicyclic) bond motifs is 1. The van der Waals surface area contributed by atoms with Gasteiger partial charge in [0.1, 0.15) is 17.7 Å². The van der Waals surface area contributed by atoms with Gasteiger partial charge in [-0.2, -0.15) is 0 Å². The van der Waals surface area contributed by atoms with E-state index in [2.05, 4.69) is 20.9 Å². The molecular formula is C42H55N7O6. The van der Waals surface area contributed by atoms with Gasteiger partial charge in [-0.15, -0.1) is 5.10 Å². The van der Waals surface area contributed by atoms with E-state index in [1.165, 1.54) is 30.4 Å². The van der Waals surface area contributed by atoms with Crippen LogP contribution >= 0.6 is 0 Å². The molecule has 2 unspecified atom stereocenters. The van der Waals surface area contributed by atoms with E-state index >= 15 is 4.79 Å². The highest BCUT2D eigenvalue weighted by atomic mass is 16.3. The molecule has 0 spiro atoms. The lowest BCUT2D eigenvalue weighted by Crippen LogP contribution is -2.58. The molecule has 1 aromatic heterocycles. The number of hydrogen-bond donors (Lipinski definition) is 4. The maximum atomic E-state index is 15.2. The third-order valence-electron chi connectivity index (χ3n) is 12.8. The Balaban J connectivity index is 1.22. The van der Waals surface area contributed by atoms with Crippen LogP contribution in [-0.2, 0) is 24.8 Å². The Labute approximate surface area is 322 Å². The Bertz CT molecular complexity index is 1920. The molecule has 0 radical (unpaired) electrons. The zero-order valence-electron chi connectivity index (χ0n) is 32.2. The topological polar surface area (TPSA) is 190 Å². The molecule has 4 aliphatic carbocycles. The molecule has 4 saturated carbocycles. The molecule has 1 aliphatic heterocycles. The number of aromatic nitrogens is 3. The Hall–Kier alpha value is -4.65. The van der Waals surface area contributed by atoms with Gasteiger partial charge in [0.05, 0.1) is 24.0 Å². The highest BCUT2D eigenvalue weighted by Gasteiger charge is 2.53. The first-order valence-electron chi connectivity index (χ1n) is 20.1. The molecule has 4 atom stereocenters. The molecule has 1 saturated heterocycles. The van der Waals surface area contributed by atoms with Crippen LogP contribution in [0.4, 0.5) is 0 Å². The van der Waals surface area contributed by atoms with Crippen LogP contribution in [0.15, 0.2) is 48.7 Å². The van der Waals surface area contributed by atoms with Gasteiger partial charge in [-0.05, 0) is 111 Å². The van der Waals surface area contributed by atoms with Crippen LogP contribution in [0.1, 0.15) is 120 Å². The van der Waals surface area contributed by atoms with E-state index in [-0.39, 0.29) is 36.6 Å². The molecule has 2 heterocycles. The van der Waals surface area contributed by atoms with Crippen LogP contribution < -0.4 is 16.4 Å². The van der Waals surface area contributed by atoms with Crippen LogP contribution in [0, 0.1) is 23.2 Å². The van der Waals surface area contributed by atoms with Gasteiger partial charge < -0.3 is 26.4 Å². The van der Waals surface area contributed by atoms with Crippen molar-refractivity contribution in [1.29, 1.82) is 0 Å². The minimum Gasteiger partial charge on any atom is -0.384 e. The van der Waals surface area contributed by atoms with Gasteiger partial charge in [-0.3, -0.25) is 24.0 Å². The molecule has 13 heteroatoms. The van der Waals surface area contributed by atoms with Crippen molar-refractivity contribution < 1.29 is 29.1 Å². The van der Waals surface area contributed by atoms with E-state index < -0.39 is 47.4 Å². The number of unbranched alkanes of at least 4 members (excludes halogenated alkanes) is 2. The van der Waals surface area contributed by atoms with Crippen molar-refractivity contribution in [2.45, 2.75) is 128 Å². The number of amides is 4. The minimum absolute atomic E-state index is 0.0524. The van der Waals surface area contributed by atoms with Crippen molar-refractivity contribution in [3.8, 4) is 0 Å². The fraction of sp³-hybridized carbons (Fsp3) is 0.595. The normalized spacial score (nSPS) is 26.8. The van der Waals surface area contributed by atoms with E-state index in [9.17, 15) is 24.3 Å². The monoisotopic (exact) mass is 753 g/mol. The summed E-state index contributed by atoms with van der Waals surface area (Å²) in [5, 5.41) is 27.1. The maximum absolute atomic E-state index is 15.2. The number of carbonyl (C=O) groups excluding carboxylic acids is 5. The van der Waals surface area contributed by atoms with Crippen molar-refractivity contribution in [2.75, 3.05) is 6.54 Å². The first kappa shape index (κ1) is 38.6. The Morgan fingerprint density at radius 3 is 2.24 bits per heavy atom. The molecule has 5 fully saturated rings. The number of nitrogens with one attached hydrogen (secondary N) is 2. The lowest BCUT2D eigenvalue weighted by molar-refractivity contribution is -0.143. The number of hydrogen-bond acceptors (Lipinski definition) is 8. The van der Waals surface area contributed by atoms with Crippen LogP contribution in [0.2, 0.25) is 0 Å². The zero-order chi connectivity index (χ0) is 39.1. The number of ketones is 1. The number of rotatable bonds is 15. The molecule has 4 bridgehead atoms. The number of benzene rings is 2. The van der Waals surface area contributed by atoms with E-state index in [4.69, 9.17) is 5.73 Å². The third kappa shape index (κ3) is 8.17. The van der Waals surface area contributed by atoms with Crippen molar-refractivity contribution in [3.63, 3.8) is 0 Å². The van der Waals surface area contributed by atoms with Crippen LogP contribution in [0.25, 0.3) is 10.8 Å². The summed E-state index contributed by atoms with van der Waals surface area (Å²) >= 11 is 0. The van der Waals surface area contributed by atoms with Gasteiger partial charge in [0.25, 0.3) is 11.8 Å². The Morgan fingerprint density at radius 1 is 0.927 bits per heavy atom. The second-order valence-corrected chi connectivity index (χ2v) is 17.5. The summed E-state index contributed by atoms with van der Waals surface area (Å²) in [6.45, 7) is 5.29. The number of Topliss-reactive ketones (excluding diaryl/α,β-unsaturated/α-hetero) is 1. The number of nitrogens with two attached hydrogens (primary N) is 1. The molecule has 8 rings (SSSR count). The lowest BCUT2D eigenvalue weighted by atomic mass is 9.48. The van der Waals surface area contributed by atoms with Gasteiger partial charge in [0.15, 0.2) is 0 Å². The predicted octanol–water partition coefficient (Wildman–Crippen LogP) is 4.33. The summed E-state index contributed by atoms with van der Waals surface area (Å²) in [7, 11) is 0. The van der Waals surface area contributed by atoms with Gasteiger partial charge >= 0.3 is 0 Å². The van der Waals surface area contributed by atoms with E-state index in [0.717, 1.165) is 42.9 Å². The second-order valence-electron chi connectivity index (χ2n) is 17.5. The first-order valence-corrected chi connectivity index (χ1v) is 20.1. The van der Waals surface area contributed by atoms with Gasteiger partial charge in [0.2, 0.25) is 17.6 Å². The van der Waals surface area contributed by atoms with Crippen LogP contribution in [0.5, 0.6) is 0 Å². The summed E-state index contributed by atoms with van der Waals surface area (Å²) in [5.41, 5.74) is 4.86. The smallest absolute Gasteiger partial charge is 0.287 e. The molecule has 2 aromatic carbocycles. The fourth-order valence-corrected chi connectivity index (χ4v) is 10.7. The highest BCUT2D eigenvalue weighted by molar-refractivity contribution is 6.37. The number of primary amides is 1. The van der Waals surface area contributed by atoms with Crippen molar-refractivity contribution >= 4 is 40.2 Å². The molecule has 5 N–H and O–H groups in total. The zero-order valence-corrected chi connectivity index (χ0v) is 32.2. The van der Waals surface area contributed by atoms with Crippen molar-refractivity contribution in [3.05, 3.63) is 59.9 Å². The lowest BCUT2D eigenvalue weighted by Gasteiger charge is -2.57. The summed E-state index contributed by atoms with van der Waals surface area (Å²) in [6.07, 6.45) is 11.3. The third-order valence-corrected chi connectivity index (χ3v) is 12.8. The molecule has 13 nitrogen and oxygen atoms in total. The van der Waals surface area contributed by atoms with Crippen molar-refractivity contribution in [1.82, 2.24) is 30.5 Å². The average Bonchev–Trinajstić information content (AvgIpc) is 3.81. The SMILES string of the molecule is CCCCCC(NC(=O)[C@@H]1C[C@H](n2nncc2C(C)(C)O)CN1C(=O)C(CC12CC3CC(CC(C3)C1)C2)NC(=O)c1ccc2ccccc2c1)C(=O)C(N)=O. The summed E-state index contributed by atoms with van der Waals surface area (Å²) in [6, 6.07) is 9.60. The summed E-state index contributed by atoms with van der Waals surface area (Å²) < 4.78 is 1.56. The van der Waals surface area contributed by atoms with Crippen LogP contribution in [0.3, 0.4) is 0 Å². The number of nitrogens with zero attached hydrogens (tertiary/aromatic N) is 4. The van der Waals surface area contributed by atoms with Gasteiger partial charge in [-0.1, -0.05) is 61.7 Å². The molecule has 3 aromatic rings. The average molecular weight is 754 g/mol. The van der Waals surface area contributed by atoms with Crippen LogP contribution in [-0.4, -0.2) is 79.1 Å². The van der Waals surface area contributed by atoms with Gasteiger partial charge in [-0.25, -0.2) is 4.68 Å². The second kappa shape index (κ2) is 15.5. The Morgan fingerprint density at radius 2 is 1.60 bits per heavy atom. The van der Waals surface area contributed by atoms with E-state index in [1.54, 1.807) is 24.6 Å². The van der Waals surface area contributed by atoms with E-state index in [1.807, 2.05) is 43.3 Å². The summed E-state index contributed by atoms with van der Waals surface area (Å²) in [4.78, 5) is 70.2. The number of aliphatic hydroxyl groups is 1. The van der Waals surface area contributed by atoms with Gasteiger partial charge in [0, 0.05) is 18.5 Å². The maximum Gasteiger partial charge on any atom is 0.287 e. The quantitative estimate of drug-likeness (QED) is 0.130. The fourth-order valence-electron chi connectivity index (χ4n) is 10.7. The van der Waals surface area contributed by atoms with E-state index in [0.29, 0.717) is 41.9 Å². The molecule has 55 heavy (non-hydrogen) atoms. The number of likely N-dealkylation sites (tertiary alicyclic amines) is 1. The molecule has 294 valence electrons. The molecule has 5 aliphatic rings. The molecular weight excluding hydrogens is 699 g/mol. The summed E-state index contributed by atoms with van der Waals surface area (Å²) in [5.74, 6) is -1.52. The largest absolute Gasteiger partial charge is 0.384 e. The standard InChI is InChI=1S/C42H55N7O6/c1-4-5-6-11-32(36(50)37(43)51)45-39(53)34-18-31(49-35(23-44-47-49)41(2,3)55)24-48(34)40(54)33(22-42-19-25-14-26(20-42)16-27(15-25)21-42)46-38(52)30-13-12-28-9-7-8-10-29(28)17-30/h7-10,12-13,17,23,25-27,31-34,55H,4-6,11,14-16,18-22,24H2,1-3H3,(H2,43,51)(H,45,53)(H,46,52)/t25?,26?,27?,31-,32?,33?,34-,42?/m0/s1. The highest BCUT2D eigenvalue weighted by Crippen LogP contribution is 2.61. The minimum atomic E-state index is -1.31.